The van der Waals surface area contributed by atoms with Crippen LogP contribution in [0.1, 0.15) is 92.4 Å². The lowest BCUT2D eigenvalue weighted by Gasteiger charge is -2.59. The molecule has 2 N–H and O–H groups in total. The summed E-state index contributed by atoms with van der Waals surface area (Å²) in [4.78, 5) is 12.0. The van der Waals surface area contributed by atoms with Crippen molar-refractivity contribution in [2.75, 3.05) is 0 Å². The molecule has 0 spiro atoms. The first-order valence-electron chi connectivity index (χ1n) is 13.3. The zero-order valence-corrected chi connectivity index (χ0v) is 21.1. The van der Waals surface area contributed by atoms with E-state index in [4.69, 9.17) is 0 Å². The van der Waals surface area contributed by atoms with Crippen LogP contribution in [0.3, 0.4) is 0 Å². The number of fused-ring (bicyclic) bond motifs is 5. The summed E-state index contributed by atoms with van der Waals surface area (Å²) in [6.45, 7) is 16.2. The van der Waals surface area contributed by atoms with Gasteiger partial charge in [-0.1, -0.05) is 58.4 Å². The van der Waals surface area contributed by atoms with Crippen molar-refractivity contribution in [3.05, 3.63) is 23.8 Å². The number of aliphatic carboxylic acids is 1. The molecule has 0 aromatic rings. The van der Waals surface area contributed by atoms with E-state index in [-0.39, 0.29) is 11.3 Å². The average molecular weight is 443 g/mol. The summed E-state index contributed by atoms with van der Waals surface area (Å²) in [5.41, 5.74) is 3.46. The third-order valence-corrected chi connectivity index (χ3v) is 11.0. The van der Waals surface area contributed by atoms with E-state index >= 15 is 0 Å². The van der Waals surface area contributed by atoms with Crippen molar-refractivity contribution in [3.63, 3.8) is 0 Å². The highest BCUT2D eigenvalue weighted by atomic mass is 16.4. The molecule has 3 nitrogen and oxygen atoms in total. The summed E-state index contributed by atoms with van der Waals surface area (Å²) < 4.78 is 0. The molecule has 4 aliphatic carbocycles. The first-order valence-corrected chi connectivity index (χ1v) is 13.3. The maximum atomic E-state index is 12.0. The minimum Gasteiger partial charge on any atom is -0.481 e. The molecule has 3 fully saturated rings. The number of carboxylic acid groups (broad SMARTS) is 1. The van der Waals surface area contributed by atoms with Gasteiger partial charge in [0.25, 0.3) is 0 Å². The van der Waals surface area contributed by atoms with Crippen molar-refractivity contribution in [1.82, 2.24) is 0 Å². The molecule has 0 radical (unpaired) electrons. The number of allylic oxidation sites excluding steroid dienone is 3. The summed E-state index contributed by atoms with van der Waals surface area (Å²) in [7, 11) is 0. The Morgan fingerprint density at radius 2 is 1.75 bits per heavy atom. The summed E-state index contributed by atoms with van der Waals surface area (Å²) in [6, 6.07) is 0. The zero-order chi connectivity index (χ0) is 23.4. The quantitative estimate of drug-likeness (QED) is 0.441. The van der Waals surface area contributed by atoms with E-state index < -0.39 is 18.0 Å². The Morgan fingerprint density at radius 1 is 1.09 bits per heavy atom. The molecule has 0 aromatic heterocycles. The second kappa shape index (κ2) is 8.60. The number of aliphatic hydroxyl groups is 1. The average Bonchev–Trinajstić information content (AvgIpc) is 3.09. The van der Waals surface area contributed by atoms with E-state index in [0.717, 1.165) is 31.1 Å². The highest BCUT2D eigenvalue weighted by Crippen LogP contribution is 2.67. The van der Waals surface area contributed by atoms with E-state index in [1.54, 1.807) is 5.57 Å². The minimum absolute atomic E-state index is 0.0202. The second-order valence-electron chi connectivity index (χ2n) is 12.7. The molecule has 3 saturated carbocycles. The van der Waals surface area contributed by atoms with Gasteiger partial charge in [-0.3, -0.25) is 4.79 Å². The molecule has 9 unspecified atom stereocenters. The lowest BCUT2D eigenvalue weighted by Crippen LogP contribution is -2.54. The molecule has 0 amide bonds. The van der Waals surface area contributed by atoms with Gasteiger partial charge in [0.05, 0.1) is 12.0 Å². The van der Waals surface area contributed by atoms with Crippen LogP contribution in [-0.2, 0) is 4.79 Å². The number of hydrogen-bond donors (Lipinski definition) is 2. The Bertz CT molecular complexity index is 781. The standard InChI is InChI=1S/C29H46O3/c1-17(2)18(3)7-8-19(4)21-11-12-22-20-9-10-24-26(27(31)32)25(30)14-16-29(24,6)23(20)13-15-28(21,22)5/h9,17,19,21-26,30H,3,7-8,10-16H2,1-2,4-6H3,(H,31,32). The van der Waals surface area contributed by atoms with E-state index in [1.165, 1.54) is 37.7 Å². The molecule has 3 heteroatoms. The Morgan fingerprint density at radius 3 is 2.41 bits per heavy atom. The van der Waals surface area contributed by atoms with Gasteiger partial charge >= 0.3 is 5.97 Å². The molecule has 9 atom stereocenters. The van der Waals surface area contributed by atoms with Gasteiger partial charge in [0.15, 0.2) is 0 Å². The monoisotopic (exact) mass is 442 g/mol. The van der Waals surface area contributed by atoms with Crippen LogP contribution >= 0.6 is 0 Å². The van der Waals surface area contributed by atoms with Crippen molar-refractivity contribution in [3.8, 4) is 0 Å². The molecular formula is C29H46O3. The van der Waals surface area contributed by atoms with Gasteiger partial charge < -0.3 is 10.2 Å². The molecule has 4 aliphatic rings. The van der Waals surface area contributed by atoms with Gasteiger partial charge in [-0.05, 0) is 104 Å². The molecule has 32 heavy (non-hydrogen) atoms. The first-order chi connectivity index (χ1) is 15.0. The lowest BCUT2D eigenvalue weighted by atomic mass is 9.46. The number of carbonyl (C=O) groups is 1. The molecule has 4 rings (SSSR count). The Kier molecular flexibility index (Phi) is 6.46. The number of carboxylic acids is 1. The summed E-state index contributed by atoms with van der Waals surface area (Å²) in [5, 5.41) is 20.4. The number of aliphatic hydroxyl groups excluding tert-OH is 1. The topological polar surface area (TPSA) is 57.5 Å². The van der Waals surface area contributed by atoms with E-state index in [1.807, 2.05) is 0 Å². The molecule has 0 bridgehead atoms. The third kappa shape index (κ3) is 3.71. The van der Waals surface area contributed by atoms with Crippen molar-refractivity contribution in [1.29, 1.82) is 0 Å². The van der Waals surface area contributed by atoms with Crippen LogP contribution in [-0.4, -0.2) is 22.3 Å². The van der Waals surface area contributed by atoms with Gasteiger partial charge in [-0.25, -0.2) is 0 Å². The maximum Gasteiger partial charge on any atom is 0.309 e. The van der Waals surface area contributed by atoms with Crippen molar-refractivity contribution >= 4 is 5.97 Å². The molecular weight excluding hydrogens is 396 g/mol. The normalized spacial score (nSPS) is 44.3. The van der Waals surface area contributed by atoms with Crippen LogP contribution in [0.25, 0.3) is 0 Å². The third-order valence-electron chi connectivity index (χ3n) is 11.0. The van der Waals surface area contributed by atoms with Crippen LogP contribution in [0.5, 0.6) is 0 Å². The molecule has 0 aliphatic heterocycles. The smallest absolute Gasteiger partial charge is 0.309 e. The van der Waals surface area contributed by atoms with E-state index in [9.17, 15) is 15.0 Å². The fourth-order valence-corrected chi connectivity index (χ4v) is 8.82. The second-order valence-corrected chi connectivity index (χ2v) is 12.7. The highest BCUT2D eigenvalue weighted by Gasteiger charge is 2.60. The van der Waals surface area contributed by atoms with Gasteiger partial charge in [0.1, 0.15) is 0 Å². The minimum atomic E-state index is -0.802. The van der Waals surface area contributed by atoms with E-state index in [0.29, 0.717) is 29.6 Å². The molecule has 0 aromatic carbocycles. The molecule has 180 valence electrons. The van der Waals surface area contributed by atoms with Crippen LogP contribution in [0, 0.1) is 52.3 Å². The fraction of sp³-hybridized carbons (Fsp3) is 0.828. The van der Waals surface area contributed by atoms with Crippen LogP contribution in [0.4, 0.5) is 0 Å². The van der Waals surface area contributed by atoms with Crippen molar-refractivity contribution in [2.45, 2.75) is 98.5 Å². The zero-order valence-electron chi connectivity index (χ0n) is 21.1. The predicted octanol–water partition coefficient (Wildman–Crippen LogP) is 6.87. The lowest BCUT2D eigenvalue weighted by molar-refractivity contribution is -0.160. The predicted molar refractivity (Wildman–Crippen MR) is 130 cm³/mol. The first kappa shape index (κ1) is 24.0. The van der Waals surface area contributed by atoms with Crippen LogP contribution in [0.15, 0.2) is 23.8 Å². The Hall–Kier alpha value is -1.09. The van der Waals surface area contributed by atoms with Gasteiger partial charge in [-0.15, -0.1) is 0 Å². The van der Waals surface area contributed by atoms with Crippen molar-refractivity contribution < 1.29 is 15.0 Å². The van der Waals surface area contributed by atoms with Gasteiger partial charge in [0, 0.05) is 0 Å². The van der Waals surface area contributed by atoms with Crippen LogP contribution in [0.2, 0.25) is 0 Å². The number of hydrogen-bond acceptors (Lipinski definition) is 2. The Balaban J connectivity index is 1.55. The maximum absolute atomic E-state index is 12.0. The Labute approximate surface area is 195 Å². The summed E-state index contributed by atoms with van der Waals surface area (Å²) in [5.74, 6) is 1.91. The van der Waals surface area contributed by atoms with Crippen LogP contribution < -0.4 is 0 Å². The van der Waals surface area contributed by atoms with E-state index in [2.05, 4.69) is 47.3 Å². The summed E-state index contributed by atoms with van der Waals surface area (Å²) in [6.07, 6.45) is 11.7. The molecule has 0 heterocycles. The van der Waals surface area contributed by atoms with Crippen molar-refractivity contribution in [2.24, 2.45) is 52.3 Å². The number of rotatable bonds is 6. The highest BCUT2D eigenvalue weighted by molar-refractivity contribution is 5.71. The van der Waals surface area contributed by atoms with Gasteiger partial charge in [-0.2, -0.15) is 0 Å². The SMILES string of the molecule is C=C(CCC(C)C1CCC2C3=CCC4C(C(=O)O)C(O)CCC4(C)C3CCC21C)C(C)C. The fourth-order valence-electron chi connectivity index (χ4n) is 8.82. The summed E-state index contributed by atoms with van der Waals surface area (Å²) >= 11 is 0. The largest absolute Gasteiger partial charge is 0.481 e. The van der Waals surface area contributed by atoms with Gasteiger partial charge in [0.2, 0.25) is 0 Å². The molecule has 0 saturated heterocycles.